The predicted octanol–water partition coefficient (Wildman–Crippen LogP) is -1.49. The molecule has 3 unspecified atom stereocenters. The molecule has 0 heterocycles. The highest BCUT2D eigenvalue weighted by Crippen LogP contribution is 1.99. The highest BCUT2D eigenvalue weighted by molar-refractivity contribution is 7.98. The van der Waals surface area contributed by atoms with E-state index in [9.17, 15) is 24.0 Å². The second-order valence-electron chi connectivity index (χ2n) is 6.37. The molecule has 15 N–H and O–H groups in total. The van der Waals surface area contributed by atoms with Crippen molar-refractivity contribution in [3.63, 3.8) is 0 Å². The third kappa shape index (κ3) is 51.7. The summed E-state index contributed by atoms with van der Waals surface area (Å²) in [7, 11) is 0. The molecule has 0 aromatic rings. The van der Waals surface area contributed by atoms with E-state index >= 15 is 0 Å². The Kier molecular flexibility index (Phi) is 41.7. The zero-order valence-electron chi connectivity index (χ0n) is 21.3. The molecule has 18 heteroatoms. The van der Waals surface area contributed by atoms with Gasteiger partial charge in [0.1, 0.15) is 18.1 Å². The van der Waals surface area contributed by atoms with Crippen LogP contribution in [-0.2, 0) is 24.0 Å². The Morgan fingerprint density at radius 1 is 0.541 bits per heavy atom. The van der Waals surface area contributed by atoms with Crippen molar-refractivity contribution in [2.45, 2.75) is 37.4 Å². The van der Waals surface area contributed by atoms with Gasteiger partial charge in [-0.1, -0.05) is 0 Å². The van der Waals surface area contributed by atoms with Crippen LogP contribution in [0.3, 0.4) is 0 Å². The zero-order chi connectivity index (χ0) is 30.4. The number of hydrogen-bond acceptors (Lipinski definition) is 13. The minimum absolute atomic E-state index is 0.278. The van der Waals surface area contributed by atoms with E-state index in [0.29, 0.717) is 19.3 Å². The zero-order valence-corrected chi connectivity index (χ0v) is 23.7. The maximum Gasteiger partial charge on any atom is 0.320 e. The Labute approximate surface area is 229 Å². The van der Waals surface area contributed by atoms with Gasteiger partial charge in [0.2, 0.25) is 0 Å². The van der Waals surface area contributed by atoms with Gasteiger partial charge in [-0.2, -0.15) is 35.3 Å². The van der Waals surface area contributed by atoms with Crippen LogP contribution in [0.15, 0.2) is 0 Å². The number of rotatable bonds is 14. The molecule has 0 bridgehead atoms. The molecule has 0 aliphatic carbocycles. The largest absolute Gasteiger partial charge is 0.480 e. The number of carboxylic acid groups (broad SMARTS) is 5. The smallest absolute Gasteiger partial charge is 0.320 e. The van der Waals surface area contributed by atoms with Crippen molar-refractivity contribution >= 4 is 65.1 Å². The monoisotopic (exact) mass is 597 g/mol. The van der Waals surface area contributed by atoms with Crippen LogP contribution in [-0.4, -0.2) is 123 Å². The first-order valence-corrected chi connectivity index (χ1v) is 14.5. The fourth-order valence-electron chi connectivity index (χ4n) is 1.10. The van der Waals surface area contributed by atoms with Gasteiger partial charge in [0.25, 0.3) is 0 Å². The minimum atomic E-state index is -0.968. The van der Waals surface area contributed by atoms with Crippen LogP contribution in [0.25, 0.3) is 0 Å². The molecule has 0 radical (unpaired) electrons. The van der Waals surface area contributed by atoms with Crippen LogP contribution in [0, 0.1) is 0 Å². The number of nitrogens with two attached hydrogens (primary N) is 5. The number of aliphatic carboxylic acids is 5. The summed E-state index contributed by atoms with van der Waals surface area (Å²) in [6.45, 7) is -0.556. The van der Waals surface area contributed by atoms with Crippen molar-refractivity contribution < 1.29 is 49.5 Å². The van der Waals surface area contributed by atoms with Crippen molar-refractivity contribution in [2.24, 2.45) is 28.7 Å². The Balaban J connectivity index is -0.000000118. The number of carbonyl (C=O) groups is 5. The molecule has 0 saturated heterocycles. The lowest BCUT2D eigenvalue weighted by atomic mass is 10.2. The van der Waals surface area contributed by atoms with Gasteiger partial charge < -0.3 is 54.2 Å². The lowest BCUT2D eigenvalue weighted by Gasteiger charge is -2.02. The van der Waals surface area contributed by atoms with E-state index in [4.69, 9.17) is 42.7 Å². The molecule has 15 nitrogen and oxygen atoms in total. The van der Waals surface area contributed by atoms with E-state index in [0.717, 1.165) is 17.3 Å². The first-order valence-electron chi connectivity index (χ1n) is 10.3. The SMILES string of the molecule is CSCCC(N)C(=O)O.CSCCC(N)C(=O)O.CSCCC(N)C(=O)O.NCC(=O)O.NCC(=O)O. The van der Waals surface area contributed by atoms with Crippen LogP contribution in [0.1, 0.15) is 19.3 Å². The molecule has 222 valence electrons. The molecule has 0 aliphatic heterocycles. The van der Waals surface area contributed by atoms with Gasteiger partial charge >= 0.3 is 29.8 Å². The number of thioether (sulfide) groups is 3. The molecule has 0 amide bonds. The molecule has 3 atom stereocenters. The Hall–Kier alpha value is -1.80. The molecule has 0 spiro atoms. The lowest BCUT2D eigenvalue weighted by molar-refractivity contribution is -0.139. The second kappa shape index (κ2) is 34.2. The molecule has 0 aliphatic rings. The molecule has 0 aromatic carbocycles. The third-order valence-corrected chi connectivity index (χ3v) is 5.13. The third-order valence-electron chi connectivity index (χ3n) is 3.20. The van der Waals surface area contributed by atoms with Gasteiger partial charge in [0.15, 0.2) is 0 Å². The standard InChI is InChI=1S/3C5H11NO2S.2C2H5NO2/c3*1-9-3-2-4(6)5(7)8;2*3-1-2(4)5/h3*4H,2-3,6H2,1H3,(H,7,8);2*1,3H2,(H,4,5). The summed E-state index contributed by atoms with van der Waals surface area (Å²) in [6, 6.07) is -2.05. The van der Waals surface area contributed by atoms with Crippen molar-refractivity contribution in [1.29, 1.82) is 0 Å². The van der Waals surface area contributed by atoms with Gasteiger partial charge in [0.05, 0.1) is 13.1 Å². The maximum atomic E-state index is 10.1. The van der Waals surface area contributed by atoms with Crippen molar-refractivity contribution in [2.75, 3.05) is 49.1 Å². The second-order valence-corrected chi connectivity index (χ2v) is 9.33. The van der Waals surface area contributed by atoms with E-state index < -0.39 is 48.0 Å². The van der Waals surface area contributed by atoms with Gasteiger partial charge in [-0.3, -0.25) is 24.0 Å². The summed E-state index contributed by atoms with van der Waals surface area (Å²) in [5, 5.41) is 40.0. The fourth-order valence-corrected chi connectivity index (χ4v) is 2.57. The van der Waals surface area contributed by atoms with Crippen molar-refractivity contribution in [3.05, 3.63) is 0 Å². The van der Waals surface area contributed by atoms with Gasteiger partial charge in [-0.25, -0.2) is 0 Å². The van der Waals surface area contributed by atoms with Gasteiger partial charge in [-0.05, 0) is 55.3 Å². The average Bonchev–Trinajstić information content (AvgIpc) is 2.85. The van der Waals surface area contributed by atoms with E-state index in [1.165, 1.54) is 0 Å². The summed E-state index contributed by atoms with van der Waals surface area (Å²) in [4.78, 5) is 48.7. The normalized spacial score (nSPS) is 11.6. The Bertz CT molecular complexity index is 536. The summed E-state index contributed by atoms with van der Waals surface area (Å²) >= 11 is 4.81. The number of carboxylic acids is 5. The molecular formula is C19H43N5O10S3. The minimum Gasteiger partial charge on any atom is -0.480 e. The topological polar surface area (TPSA) is 317 Å². The van der Waals surface area contributed by atoms with E-state index in [-0.39, 0.29) is 13.1 Å². The van der Waals surface area contributed by atoms with Crippen molar-refractivity contribution in [1.82, 2.24) is 0 Å². The van der Waals surface area contributed by atoms with Crippen LogP contribution in [0.4, 0.5) is 0 Å². The molecular weight excluding hydrogens is 554 g/mol. The quantitative estimate of drug-likeness (QED) is 0.109. The molecule has 0 saturated carbocycles. The molecule has 0 rings (SSSR count). The Morgan fingerprint density at radius 2 is 0.703 bits per heavy atom. The predicted molar refractivity (Wildman–Crippen MR) is 149 cm³/mol. The lowest BCUT2D eigenvalue weighted by Crippen LogP contribution is -2.30. The molecule has 0 aromatic heterocycles. The summed E-state index contributed by atoms with van der Waals surface area (Å²) in [5.41, 5.74) is 24.7. The first kappa shape index (κ1) is 45.1. The van der Waals surface area contributed by atoms with E-state index in [1.807, 2.05) is 18.8 Å². The summed E-state index contributed by atoms with van der Waals surface area (Å²) in [5.74, 6) is -2.24. The maximum absolute atomic E-state index is 10.1. The summed E-state index contributed by atoms with van der Waals surface area (Å²) in [6.07, 6.45) is 7.43. The highest BCUT2D eigenvalue weighted by Gasteiger charge is 2.10. The van der Waals surface area contributed by atoms with E-state index in [2.05, 4.69) is 11.5 Å². The molecule has 37 heavy (non-hydrogen) atoms. The highest BCUT2D eigenvalue weighted by atomic mass is 32.2. The first-order chi connectivity index (χ1) is 17.1. The fraction of sp³-hybridized carbons (Fsp3) is 0.737. The van der Waals surface area contributed by atoms with Crippen LogP contribution in [0.5, 0.6) is 0 Å². The van der Waals surface area contributed by atoms with Gasteiger partial charge in [-0.15, -0.1) is 0 Å². The number of hydrogen-bond donors (Lipinski definition) is 10. The molecule has 0 fully saturated rings. The van der Waals surface area contributed by atoms with Gasteiger partial charge in [0, 0.05) is 0 Å². The van der Waals surface area contributed by atoms with Crippen LogP contribution < -0.4 is 28.7 Å². The van der Waals surface area contributed by atoms with E-state index in [1.54, 1.807) is 35.3 Å². The van der Waals surface area contributed by atoms with Crippen molar-refractivity contribution in [3.8, 4) is 0 Å². The van der Waals surface area contributed by atoms with Crippen LogP contribution in [0.2, 0.25) is 0 Å². The average molecular weight is 598 g/mol. The summed E-state index contributed by atoms with van der Waals surface area (Å²) < 4.78 is 0. The Morgan fingerprint density at radius 3 is 0.784 bits per heavy atom. The van der Waals surface area contributed by atoms with Crippen LogP contribution >= 0.6 is 35.3 Å².